The third-order valence-electron chi connectivity index (χ3n) is 9.25. The van der Waals surface area contributed by atoms with E-state index in [4.69, 9.17) is 15.2 Å². The predicted octanol–water partition coefficient (Wildman–Crippen LogP) is 3.83. The zero-order chi connectivity index (χ0) is 36.7. The van der Waals surface area contributed by atoms with Crippen LogP contribution in [0.15, 0.2) is 107 Å². The standard InChI is InChI=1S/C23H18N2O5S.C15H16N2O3S/c1-13-12-31-22-18(24-19(26)15-9-5-6-10-16(15)20(24)27)21(28)25(22)17(13)23(29)30-11-14-7-3-2-4-8-14;1-9-8-21-14-11(16)13(18)17(14)12(9)15(19)20-7-10-5-3-2-4-6-10/h2-10,18,22H,11-12H2,1H3;2-6,11,14H,7-8,16H2,1H3/t18-,22-;11-,14-/m00/s1. The van der Waals surface area contributed by atoms with E-state index in [0.717, 1.165) is 27.2 Å². The van der Waals surface area contributed by atoms with Crippen molar-refractivity contribution < 1.29 is 38.2 Å². The summed E-state index contributed by atoms with van der Waals surface area (Å²) >= 11 is 3.01. The minimum atomic E-state index is -0.928. The number of fused-ring (bicyclic) bond motifs is 3. The number of amides is 4. The van der Waals surface area contributed by atoms with Crippen LogP contribution in [0.1, 0.15) is 45.7 Å². The van der Waals surface area contributed by atoms with Gasteiger partial charge in [0.25, 0.3) is 17.7 Å². The first kappa shape index (κ1) is 35.2. The molecule has 0 radical (unpaired) electrons. The first-order valence-corrected chi connectivity index (χ1v) is 18.6. The van der Waals surface area contributed by atoms with Crippen LogP contribution in [-0.2, 0) is 41.9 Å². The van der Waals surface area contributed by atoms with Crippen LogP contribution in [0.4, 0.5) is 0 Å². The number of rotatable bonds is 7. The Labute approximate surface area is 308 Å². The Hall–Kier alpha value is -5.18. The Morgan fingerprint density at radius 1 is 0.635 bits per heavy atom. The van der Waals surface area contributed by atoms with Crippen LogP contribution in [-0.4, -0.2) is 84.6 Å². The van der Waals surface area contributed by atoms with Crippen LogP contribution >= 0.6 is 23.5 Å². The molecule has 0 aromatic heterocycles. The van der Waals surface area contributed by atoms with Crippen LogP contribution in [0.25, 0.3) is 0 Å². The largest absolute Gasteiger partial charge is 0.456 e. The Morgan fingerprint density at radius 2 is 1.06 bits per heavy atom. The second kappa shape index (κ2) is 14.4. The fourth-order valence-corrected chi connectivity index (χ4v) is 9.13. The summed E-state index contributed by atoms with van der Waals surface area (Å²) in [6.07, 6.45) is 0. The molecule has 0 aliphatic carbocycles. The highest BCUT2D eigenvalue weighted by Crippen LogP contribution is 2.44. The molecule has 266 valence electrons. The summed E-state index contributed by atoms with van der Waals surface area (Å²) in [5, 5.41) is -0.641. The number of carbonyl (C=O) groups is 6. The average molecular weight is 739 g/mol. The fraction of sp³-hybridized carbons (Fsp3) is 0.263. The monoisotopic (exact) mass is 738 g/mol. The SMILES string of the molecule is CC1=C(C(=O)OCc2ccccc2)N2C(=O)[C@H](N)[C@@H]2SC1.CC1=C(C(=O)OCc2ccccc2)N2C(=O)[C@H](N3C(=O)c4ccccc4C3=O)[C@@H]2SC1. The molecule has 14 heteroatoms. The Morgan fingerprint density at radius 3 is 1.54 bits per heavy atom. The third-order valence-corrected chi connectivity index (χ3v) is 12.1. The molecule has 8 rings (SSSR count). The van der Waals surface area contributed by atoms with Crippen molar-refractivity contribution >= 4 is 59.1 Å². The molecule has 4 atom stereocenters. The summed E-state index contributed by atoms with van der Waals surface area (Å²) in [4.78, 5) is 79.6. The molecular weight excluding hydrogens is 705 g/mol. The number of benzene rings is 3. The van der Waals surface area contributed by atoms with E-state index in [1.54, 1.807) is 43.0 Å². The maximum atomic E-state index is 13.1. The maximum absolute atomic E-state index is 13.1. The zero-order valence-corrected chi connectivity index (χ0v) is 29.9. The molecule has 0 bridgehead atoms. The van der Waals surface area contributed by atoms with E-state index < -0.39 is 47.1 Å². The second-order valence-electron chi connectivity index (χ2n) is 12.7. The lowest BCUT2D eigenvalue weighted by atomic mass is 10.0. The van der Waals surface area contributed by atoms with Gasteiger partial charge in [0.15, 0.2) is 0 Å². The third kappa shape index (κ3) is 6.20. The van der Waals surface area contributed by atoms with Crippen molar-refractivity contribution in [2.24, 2.45) is 5.73 Å². The minimum Gasteiger partial charge on any atom is -0.456 e. The van der Waals surface area contributed by atoms with E-state index in [2.05, 4.69) is 0 Å². The number of carbonyl (C=O) groups excluding carboxylic acids is 6. The number of hydrogen-bond donors (Lipinski definition) is 1. The summed E-state index contributed by atoms with van der Waals surface area (Å²) in [7, 11) is 0. The second-order valence-corrected chi connectivity index (χ2v) is 14.9. The number of nitrogens with two attached hydrogens (primary N) is 1. The molecule has 0 spiro atoms. The van der Waals surface area contributed by atoms with Crippen LogP contribution in [0.5, 0.6) is 0 Å². The quantitative estimate of drug-likeness (QED) is 0.214. The number of imide groups is 1. The molecular formula is C38H34N4O8S2. The molecule has 0 unspecified atom stereocenters. The van der Waals surface area contributed by atoms with E-state index in [9.17, 15) is 28.8 Å². The molecule has 3 aromatic rings. The fourth-order valence-electron chi connectivity index (χ4n) is 6.55. The summed E-state index contributed by atoms with van der Waals surface area (Å²) in [6.45, 7) is 3.92. The maximum Gasteiger partial charge on any atom is 0.355 e. The van der Waals surface area contributed by atoms with Crippen molar-refractivity contribution in [1.82, 2.24) is 14.7 Å². The van der Waals surface area contributed by atoms with Crippen molar-refractivity contribution in [3.05, 3.63) is 130 Å². The summed E-state index contributed by atoms with van der Waals surface area (Å²) in [5.41, 5.74) is 10.3. The molecule has 5 aliphatic rings. The zero-order valence-electron chi connectivity index (χ0n) is 28.2. The molecule has 2 saturated heterocycles. The number of β-lactam (4-membered cyclic amide) rings is 2. The average Bonchev–Trinajstić information content (AvgIpc) is 3.41. The van der Waals surface area contributed by atoms with Gasteiger partial charge in [0.1, 0.15) is 47.4 Å². The van der Waals surface area contributed by atoms with E-state index >= 15 is 0 Å². The van der Waals surface area contributed by atoms with Crippen molar-refractivity contribution in [1.29, 1.82) is 0 Å². The number of hydrogen-bond acceptors (Lipinski definition) is 11. The van der Waals surface area contributed by atoms with Gasteiger partial charge in [-0.05, 0) is 48.3 Å². The Bertz CT molecular complexity index is 2020. The molecule has 0 saturated carbocycles. The van der Waals surface area contributed by atoms with Gasteiger partial charge in [0.05, 0.1) is 11.1 Å². The van der Waals surface area contributed by atoms with Gasteiger partial charge in [-0.25, -0.2) is 9.59 Å². The Kier molecular flexibility index (Phi) is 9.79. The summed E-state index contributed by atoms with van der Waals surface area (Å²) in [6, 6.07) is 23.8. The van der Waals surface area contributed by atoms with Gasteiger partial charge >= 0.3 is 11.9 Å². The molecule has 5 aliphatic heterocycles. The minimum absolute atomic E-state index is 0.0954. The molecule has 4 amide bonds. The lowest BCUT2D eigenvalue weighted by Gasteiger charge is -2.51. The molecule has 2 N–H and O–H groups in total. The molecule has 3 aromatic carbocycles. The van der Waals surface area contributed by atoms with Crippen molar-refractivity contribution in [3.8, 4) is 0 Å². The van der Waals surface area contributed by atoms with Gasteiger partial charge < -0.3 is 15.2 Å². The molecule has 12 nitrogen and oxygen atoms in total. The first-order chi connectivity index (χ1) is 25.1. The van der Waals surface area contributed by atoms with E-state index in [-0.39, 0.29) is 30.2 Å². The van der Waals surface area contributed by atoms with Gasteiger partial charge in [0, 0.05) is 11.5 Å². The Balaban J connectivity index is 0.000000175. The van der Waals surface area contributed by atoms with Crippen LogP contribution in [0, 0.1) is 0 Å². The van der Waals surface area contributed by atoms with Crippen LogP contribution in [0.3, 0.4) is 0 Å². The van der Waals surface area contributed by atoms with E-state index in [1.807, 2.05) is 67.6 Å². The topological polar surface area (TPSA) is 157 Å². The van der Waals surface area contributed by atoms with Crippen molar-refractivity contribution in [2.45, 2.75) is 49.9 Å². The number of nitrogens with zero attached hydrogens (tertiary/aromatic N) is 3. The van der Waals surface area contributed by atoms with Gasteiger partial charge in [-0.2, -0.15) is 0 Å². The normalized spacial score (nSPS) is 23.2. The van der Waals surface area contributed by atoms with Gasteiger partial charge in [-0.3, -0.25) is 33.9 Å². The highest BCUT2D eigenvalue weighted by Gasteiger charge is 2.60. The molecule has 2 fully saturated rings. The van der Waals surface area contributed by atoms with Crippen molar-refractivity contribution in [2.75, 3.05) is 11.5 Å². The van der Waals surface area contributed by atoms with Crippen molar-refractivity contribution in [3.63, 3.8) is 0 Å². The predicted molar refractivity (Wildman–Crippen MR) is 193 cm³/mol. The van der Waals surface area contributed by atoms with Gasteiger partial charge in [0.2, 0.25) is 5.91 Å². The van der Waals surface area contributed by atoms with Gasteiger partial charge in [-0.15, -0.1) is 23.5 Å². The van der Waals surface area contributed by atoms with E-state index in [0.29, 0.717) is 28.3 Å². The van der Waals surface area contributed by atoms with Gasteiger partial charge in [-0.1, -0.05) is 72.8 Å². The first-order valence-electron chi connectivity index (χ1n) is 16.5. The van der Waals surface area contributed by atoms with Crippen LogP contribution < -0.4 is 5.73 Å². The number of thioether (sulfide) groups is 2. The lowest BCUT2D eigenvalue weighted by molar-refractivity contribution is -0.154. The number of ether oxygens (including phenoxy) is 2. The lowest BCUT2D eigenvalue weighted by Crippen LogP contribution is -2.71. The van der Waals surface area contributed by atoms with Crippen LogP contribution in [0.2, 0.25) is 0 Å². The summed E-state index contributed by atoms with van der Waals surface area (Å²) < 4.78 is 10.8. The highest BCUT2D eigenvalue weighted by atomic mass is 32.2. The summed E-state index contributed by atoms with van der Waals surface area (Å²) in [5.74, 6) is -1.45. The number of esters is 2. The molecule has 52 heavy (non-hydrogen) atoms. The van der Waals surface area contributed by atoms with E-state index in [1.165, 1.54) is 21.6 Å². The smallest absolute Gasteiger partial charge is 0.355 e. The highest BCUT2D eigenvalue weighted by molar-refractivity contribution is 8.00. The molecule has 5 heterocycles.